The highest BCUT2D eigenvalue weighted by Gasteiger charge is 2.79. The van der Waals surface area contributed by atoms with Gasteiger partial charge in [-0.15, -0.1) is 0 Å². The molecule has 218 valence electrons. The van der Waals surface area contributed by atoms with Crippen molar-refractivity contribution in [1.29, 1.82) is 0 Å². The van der Waals surface area contributed by atoms with Gasteiger partial charge in [-0.1, -0.05) is 19.1 Å². The fourth-order valence-corrected chi connectivity index (χ4v) is 10.1. The van der Waals surface area contributed by atoms with Crippen LogP contribution in [0.2, 0.25) is 0 Å². The van der Waals surface area contributed by atoms with Gasteiger partial charge in [-0.3, -0.25) is 0 Å². The SMILES string of the molecule is Cc1[nH]c(C)c(C(=O)O[C@@H](C)C2=CC[C@@]34OCCN(C)C[C@@]23C[C@@H](O)[C@]23O[C@]5(O)CC[C@@]2(C)[C@H](CC=C43)C5)c1C. The maximum absolute atomic E-state index is 13.5. The number of H-pyrrole nitrogens is 1. The number of aliphatic hydroxyl groups is 2. The summed E-state index contributed by atoms with van der Waals surface area (Å²) in [7, 11) is 2.10. The Morgan fingerprint density at radius 1 is 1.20 bits per heavy atom. The molecule has 4 aliphatic carbocycles. The maximum atomic E-state index is 13.5. The monoisotopic (exact) mass is 552 g/mol. The van der Waals surface area contributed by atoms with Gasteiger partial charge in [-0.05, 0) is 83.1 Å². The first-order valence-electron chi connectivity index (χ1n) is 15.0. The number of rotatable bonds is 3. The molecule has 8 atom stereocenters. The number of aliphatic hydroxyl groups excluding tert-OH is 1. The molecule has 0 aromatic carbocycles. The van der Waals surface area contributed by atoms with E-state index >= 15 is 0 Å². The standard InChI is InChI=1S/C32H44N2O6/c1-18-19(2)33-20(3)26(18)27(36)39-21(4)23-9-10-31-24-8-7-22-15-30(37)12-11-28(22,5)32(24,40-30)25(35)16-29(23,31)17-34(6)13-14-38-31/h8-9,21-22,25,33,35,37H,7,10-17H2,1-6H3/t21-,22+,25+,28-,29-,30+,31-,32-/m0/s1. The first-order chi connectivity index (χ1) is 18.8. The van der Waals surface area contributed by atoms with Crippen LogP contribution in [0.25, 0.3) is 0 Å². The number of fused-ring (bicyclic) bond motifs is 1. The number of aryl methyl sites for hydroxylation is 2. The largest absolute Gasteiger partial charge is 0.454 e. The van der Waals surface area contributed by atoms with Crippen LogP contribution in [0.3, 0.4) is 0 Å². The van der Waals surface area contributed by atoms with Gasteiger partial charge in [-0.2, -0.15) is 0 Å². The molecule has 1 spiro atoms. The third kappa shape index (κ3) is 3.07. The van der Waals surface area contributed by atoms with Gasteiger partial charge in [0.05, 0.1) is 18.3 Å². The minimum Gasteiger partial charge on any atom is -0.454 e. The Morgan fingerprint density at radius 2 is 1.98 bits per heavy atom. The van der Waals surface area contributed by atoms with E-state index in [9.17, 15) is 15.0 Å². The van der Waals surface area contributed by atoms with Gasteiger partial charge in [0, 0.05) is 48.1 Å². The molecule has 40 heavy (non-hydrogen) atoms. The van der Waals surface area contributed by atoms with E-state index in [1.165, 1.54) is 0 Å². The Balaban J connectivity index is 1.32. The molecule has 5 fully saturated rings. The minimum atomic E-state index is -1.22. The molecule has 0 amide bonds. The molecule has 1 aromatic rings. The summed E-state index contributed by atoms with van der Waals surface area (Å²) in [5.41, 5.74) is 2.69. The van der Waals surface area contributed by atoms with Crippen LogP contribution in [-0.4, -0.2) is 82.0 Å². The first kappa shape index (κ1) is 26.9. The Bertz CT molecular complexity index is 1350. The van der Waals surface area contributed by atoms with E-state index in [4.69, 9.17) is 14.2 Å². The fourth-order valence-electron chi connectivity index (χ4n) is 10.1. The maximum Gasteiger partial charge on any atom is 0.340 e. The first-order valence-corrected chi connectivity index (χ1v) is 15.0. The van der Waals surface area contributed by atoms with Crippen molar-refractivity contribution in [3.05, 3.63) is 45.8 Å². The summed E-state index contributed by atoms with van der Waals surface area (Å²) in [6.07, 6.45) is 7.06. The molecular weight excluding hydrogens is 508 g/mol. The highest BCUT2D eigenvalue weighted by atomic mass is 16.7. The van der Waals surface area contributed by atoms with Gasteiger partial charge < -0.3 is 34.3 Å². The van der Waals surface area contributed by atoms with Crippen molar-refractivity contribution in [2.75, 3.05) is 26.7 Å². The molecule has 3 saturated heterocycles. The molecule has 8 nitrogen and oxygen atoms in total. The van der Waals surface area contributed by atoms with Crippen LogP contribution in [0.4, 0.5) is 0 Å². The van der Waals surface area contributed by atoms with Crippen molar-refractivity contribution in [3.63, 3.8) is 0 Å². The van der Waals surface area contributed by atoms with Crippen LogP contribution >= 0.6 is 0 Å². The summed E-state index contributed by atoms with van der Waals surface area (Å²) in [5, 5.41) is 23.8. The third-order valence-electron chi connectivity index (χ3n) is 12.1. The zero-order valence-corrected chi connectivity index (χ0v) is 24.7. The number of ether oxygens (including phenoxy) is 3. The van der Waals surface area contributed by atoms with Gasteiger partial charge >= 0.3 is 5.97 Å². The van der Waals surface area contributed by atoms with Crippen LogP contribution in [0.15, 0.2) is 23.3 Å². The Labute approximate surface area is 236 Å². The van der Waals surface area contributed by atoms with Crippen molar-refractivity contribution in [2.24, 2.45) is 16.7 Å². The lowest BCUT2D eigenvalue weighted by atomic mass is 9.41. The lowest BCUT2D eigenvalue weighted by Crippen LogP contribution is -2.79. The number of nitrogens with one attached hydrogen (secondary N) is 1. The van der Waals surface area contributed by atoms with Crippen LogP contribution in [0.5, 0.6) is 0 Å². The highest BCUT2D eigenvalue weighted by molar-refractivity contribution is 5.93. The van der Waals surface area contributed by atoms with E-state index in [0.717, 1.165) is 47.5 Å². The molecule has 7 aliphatic rings. The number of likely N-dealkylation sites (N-methyl/N-ethyl adjacent to an activating group) is 1. The van der Waals surface area contributed by atoms with Crippen LogP contribution in [0.1, 0.15) is 79.7 Å². The lowest BCUT2D eigenvalue weighted by molar-refractivity contribution is -0.401. The smallest absolute Gasteiger partial charge is 0.340 e. The van der Waals surface area contributed by atoms with E-state index in [1.54, 1.807) is 0 Å². The van der Waals surface area contributed by atoms with Gasteiger partial charge in [-0.25, -0.2) is 4.79 Å². The van der Waals surface area contributed by atoms with E-state index in [1.807, 2.05) is 27.7 Å². The number of allylic oxidation sites excluding steroid dienone is 1. The second kappa shape index (κ2) is 8.32. The molecule has 3 aliphatic heterocycles. The molecule has 4 heterocycles. The number of hydrogen-bond acceptors (Lipinski definition) is 7. The van der Waals surface area contributed by atoms with E-state index in [2.05, 4.69) is 36.0 Å². The van der Waals surface area contributed by atoms with Crippen LogP contribution < -0.4 is 0 Å². The van der Waals surface area contributed by atoms with Crippen molar-refractivity contribution in [2.45, 2.75) is 102 Å². The quantitative estimate of drug-likeness (QED) is 0.386. The van der Waals surface area contributed by atoms with Crippen molar-refractivity contribution in [1.82, 2.24) is 9.88 Å². The van der Waals surface area contributed by atoms with Gasteiger partial charge in [0.25, 0.3) is 0 Å². The predicted molar refractivity (Wildman–Crippen MR) is 149 cm³/mol. The number of aromatic amines is 1. The van der Waals surface area contributed by atoms with Crippen LogP contribution in [-0.2, 0) is 14.2 Å². The number of hydrogen-bond donors (Lipinski definition) is 3. The van der Waals surface area contributed by atoms with Gasteiger partial charge in [0.1, 0.15) is 17.3 Å². The molecule has 3 N–H and O–H groups in total. The highest BCUT2D eigenvalue weighted by Crippen LogP contribution is 2.74. The topological polar surface area (TPSA) is 104 Å². The Kier molecular flexibility index (Phi) is 5.59. The lowest BCUT2D eigenvalue weighted by Gasteiger charge is -2.73. The average molecular weight is 553 g/mol. The summed E-state index contributed by atoms with van der Waals surface area (Å²) < 4.78 is 20.0. The molecule has 1 aromatic heterocycles. The molecule has 8 rings (SSSR count). The number of carbonyl (C=O) groups is 1. The van der Waals surface area contributed by atoms with Crippen LogP contribution in [0, 0.1) is 37.5 Å². The normalized spacial score (nSPS) is 44.6. The zero-order valence-electron chi connectivity index (χ0n) is 24.7. The van der Waals surface area contributed by atoms with Crippen molar-refractivity contribution >= 4 is 5.97 Å². The Hall–Kier alpha value is -1.97. The molecular formula is C32H44N2O6. The Morgan fingerprint density at radius 3 is 2.70 bits per heavy atom. The van der Waals surface area contributed by atoms with E-state index in [0.29, 0.717) is 44.4 Å². The molecule has 8 heteroatoms. The summed E-state index contributed by atoms with van der Waals surface area (Å²) in [5.74, 6) is -1.30. The van der Waals surface area contributed by atoms with Crippen molar-refractivity contribution < 1.29 is 29.2 Å². The second-order valence-electron chi connectivity index (χ2n) is 14.0. The van der Waals surface area contributed by atoms with Gasteiger partial charge in [0.15, 0.2) is 5.79 Å². The zero-order chi connectivity index (χ0) is 28.5. The minimum absolute atomic E-state index is 0.251. The number of carbonyl (C=O) groups excluding carboxylic acids is 1. The van der Waals surface area contributed by atoms with E-state index in [-0.39, 0.29) is 17.3 Å². The third-order valence-corrected chi connectivity index (χ3v) is 12.1. The summed E-state index contributed by atoms with van der Waals surface area (Å²) >= 11 is 0. The molecule has 0 unspecified atom stereocenters. The summed E-state index contributed by atoms with van der Waals surface area (Å²) in [6.45, 7) is 12.0. The summed E-state index contributed by atoms with van der Waals surface area (Å²) in [6, 6.07) is 0. The predicted octanol–water partition coefficient (Wildman–Crippen LogP) is 3.86. The summed E-state index contributed by atoms with van der Waals surface area (Å²) in [4.78, 5) is 19.0. The van der Waals surface area contributed by atoms with Crippen molar-refractivity contribution in [3.8, 4) is 0 Å². The molecule has 2 saturated carbocycles. The second-order valence-corrected chi connectivity index (χ2v) is 14.0. The van der Waals surface area contributed by atoms with E-state index < -0.39 is 34.6 Å². The molecule has 0 radical (unpaired) electrons. The van der Waals surface area contributed by atoms with Gasteiger partial charge in [0.2, 0.25) is 0 Å². The number of esters is 1. The number of nitrogens with zero attached hydrogens (tertiary/aromatic N) is 1. The fraction of sp³-hybridized carbons (Fsp3) is 0.719. The molecule has 4 bridgehead atoms. The average Bonchev–Trinajstić information content (AvgIpc) is 3.26. The number of aromatic nitrogens is 1.